The molecular weight excluding hydrogens is 268 g/mol. The quantitative estimate of drug-likeness (QED) is 0.651. The van der Waals surface area contributed by atoms with Crippen LogP contribution in [0.3, 0.4) is 0 Å². The summed E-state index contributed by atoms with van der Waals surface area (Å²) in [4.78, 5) is 33.5. The molecule has 0 aliphatic carbocycles. The van der Waals surface area contributed by atoms with Gasteiger partial charge in [-0.2, -0.15) is 0 Å². The smallest absolute Gasteiger partial charge is 0.303 e. The van der Waals surface area contributed by atoms with Crippen molar-refractivity contribution in [2.75, 3.05) is 12.3 Å². The fourth-order valence-corrected chi connectivity index (χ4v) is 2.82. The molecule has 2 atom stereocenters. The third-order valence-electron chi connectivity index (χ3n) is 2.82. The zero-order valence-corrected chi connectivity index (χ0v) is 12.0. The van der Waals surface area contributed by atoms with E-state index in [1.807, 2.05) is 13.8 Å². The van der Waals surface area contributed by atoms with Gasteiger partial charge in [0.25, 0.3) is 5.24 Å². The Morgan fingerprint density at radius 1 is 1.53 bits per heavy atom. The summed E-state index contributed by atoms with van der Waals surface area (Å²) in [6.07, 6.45) is 0.794. The summed E-state index contributed by atoms with van der Waals surface area (Å²) in [7, 11) is 0. The number of carbonyl (C=O) groups is 3. The van der Waals surface area contributed by atoms with Gasteiger partial charge in [0.05, 0.1) is 0 Å². The number of hydrogen-bond donors (Lipinski definition) is 3. The molecule has 1 aliphatic heterocycles. The van der Waals surface area contributed by atoms with E-state index >= 15 is 0 Å². The van der Waals surface area contributed by atoms with Crippen LogP contribution in [0.1, 0.15) is 26.7 Å². The summed E-state index contributed by atoms with van der Waals surface area (Å²) in [5.41, 5.74) is 0. The highest BCUT2D eigenvalue weighted by Gasteiger charge is 2.28. The van der Waals surface area contributed by atoms with E-state index in [0.717, 1.165) is 18.2 Å². The lowest BCUT2D eigenvalue weighted by Gasteiger charge is -2.19. The molecule has 2 amide bonds. The van der Waals surface area contributed by atoms with E-state index in [2.05, 4.69) is 10.6 Å². The number of amides is 2. The van der Waals surface area contributed by atoms with Crippen LogP contribution < -0.4 is 10.6 Å². The minimum atomic E-state index is -0.857. The molecular formula is C12H20N2O4S. The molecule has 2 unspecified atom stereocenters. The Bertz CT molecular complexity index is 360. The SMILES string of the molecule is CC(C)CC(CNC(=O)C1CSC(=O)N1)CC(=O)O. The van der Waals surface area contributed by atoms with Crippen LogP contribution in [0.2, 0.25) is 0 Å². The zero-order chi connectivity index (χ0) is 14.4. The molecule has 0 aromatic rings. The molecule has 1 fully saturated rings. The highest BCUT2D eigenvalue weighted by Crippen LogP contribution is 2.16. The number of carboxylic acids is 1. The Kier molecular flexibility index (Phi) is 6.14. The molecule has 108 valence electrons. The summed E-state index contributed by atoms with van der Waals surface area (Å²) in [5, 5.41) is 13.9. The molecule has 1 saturated heterocycles. The Morgan fingerprint density at radius 2 is 2.21 bits per heavy atom. The normalized spacial score (nSPS) is 20.2. The van der Waals surface area contributed by atoms with Crippen LogP contribution in [0, 0.1) is 11.8 Å². The first-order valence-electron chi connectivity index (χ1n) is 6.31. The van der Waals surface area contributed by atoms with E-state index in [1.54, 1.807) is 0 Å². The van der Waals surface area contributed by atoms with Crippen molar-refractivity contribution in [2.45, 2.75) is 32.7 Å². The first-order valence-corrected chi connectivity index (χ1v) is 7.29. The van der Waals surface area contributed by atoms with Crippen molar-refractivity contribution in [1.29, 1.82) is 0 Å². The van der Waals surface area contributed by atoms with Crippen LogP contribution in [0.25, 0.3) is 0 Å². The molecule has 0 aromatic carbocycles. The van der Waals surface area contributed by atoms with E-state index in [4.69, 9.17) is 5.11 Å². The van der Waals surface area contributed by atoms with Crippen LogP contribution in [-0.4, -0.2) is 40.6 Å². The molecule has 1 rings (SSSR count). The number of carbonyl (C=O) groups excluding carboxylic acids is 2. The molecule has 19 heavy (non-hydrogen) atoms. The average Bonchev–Trinajstić information content (AvgIpc) is 2.71. The fraction of sp³-hybridized carbons (Fsp3) is 0.750. The van der Waals surface area contributed by atoms with Crippen molar-refractivity contribution >= 4 is 28.9 Å². The van der Waals surface area contributed by atoms with Gasteiger partial charge >= 0.3 is 5.97 Å². The predicted molar refractivity (Wildman–Crippen MR) is 73.0 cm³/mol. The van der Waals surface area contributed by atoms with Gasteiger partial charge in [-0.15, -0.1) is 0 Å². The lowest BCUT2D eigenvalue weighted by atomic mass is 9.94. The summed E-state index contributed by atoms with van der Waals surface area (Å²) < 4.78 is 0. The summed E-state index contributed by atoms with van der Waals surface area (Å²) in [5.74, 6) is -0.366. The number of carboxylic acid groups (broad SMARTS) is 1. The highest BCUT2D eigenvalue weighted by atomic mass is 32.2. The molecule has 0 radical (unpaired) electrons. The van der Waals surface area contributed by atoms with Gasteiger partial charge in [0.2, 0.25) is 5.91 Å². The van der Waals surface area contributed by atoms with E-state index < -0.39 is 12.0 Å². The van der Waals surface area contributed by atoms with Crippen LogP contribution in [0.4, 0.5) is 4.79 Å². The van der Waals surface area contributed by atoms with Gasteiger partial charge in [-0.1, -0.05) is 25.6 Å². The lowest BCUT2D eigenvalue weighted by Crippen LogP contribution is -2.44. The van der Waals surface area contributed by atoms with E-state index in [1.165, 1.54) is 0 Å². The maximum Gasteiger partial charge on any atom is 0.303 e. The molecule has 0 bridgehead atoms. The van der Waals surface area contributed by atoms with Crippen molar-refractivity contribution in [3.05, 3.63) is 0 Å². The van der Waals surface area contributed by atoms with Gasteiger partial charge in [-0.05, 0) is 18.3 Å². The van der Waals surface area contributed by atoms with Gasteiger partial charge in [-0.25, -0.2) is 0 Å². The van der Waals surface area contributed by atoms with Crippen molar-refractivity contribution in [3.8, 4) is 0 Å². The maximum atomic E-state index is 11.8. The van der Waals surface area contributed by atoms with Crippen LogP contribution in [-0.2, 0) is 9.59 Å². The Balaban J connectivity index is 2.39. The Labute approximate surface area is 116 Å². The maximum absolute atomic E-state index is 11.8. The van der Waals surface area contributed by atoms with Gasteiger partial charge in [0.15, 0.2) is 0 Å². The van der Waals surface area contributed by atoms with Crippen molar-refractivity contribution in [3.63, 3.8) is 0 Å². The molecule has 0 saturated carbocycles. The Morgan fingerprint density at radius 3 is 2.68 bits per heavy atom. The van der Waals surface area contributed by atoms with Crippen LogP contribution >= 0.6 is 11.8 Å². The second kappa shape index (κ2) is 7.37. The molecule has 1 aliphatic rings. The Hall–Kier alpha value is -1.24. The molecule has 6 nitrogen and oxygen atoms in total. The molecule has 3 N–H and O–H groups in total. The summed E-state index contributed by atoms with van der Waals surface area (Å²) >= 11 is 1.08. The minimum absolute atomic E-state index is 0.0459. The first-order chi connectivity index (χ1) is 8.88. The molecule has 7 heteroatoms. The fourth-order valence-electron chi connectivity index (χ4n) is 2.05. The van der Waals surface area contributed by atoms with Gasteiger partial charge in [0, 0.05) is 18.7 Å². The first kappa shape index (κ1) is 15.8. The largest absolute Gasteiger partial charge is 0.481 e. The topological polar surface area (TPSA) is 95.5 Å². The number of hydrogen-bond acceptors (Lipinski definition) is 4. The monoisotopic (exact) mass is 288 g/mol. The molecule has 1 heterocycles. The number of nitrogens with one attached hydrogen (secondary N) is 2. The lowest BCUT2D eigenvalue weighted by molar-refractivity contribution is -0.138. The minimum Gasteiger partial charge on any atom is -0.481 e. The number of rotatable bonds is 7. The van der Waals surface area contributed by atoms with Crippen molar-refractivity contribution in [2.24, 2.45) is 11.8 Å². The second-order valence-electron chi connectivity index (χ2n) is 5.13. The van der Waals surface area contributed by atoms with Crippen LogP contribution in [0.5, 0.6) is 0 Å². The van der Waals surface area contributed by atoms with E-state index in [-0.39, 0.29) is 23.5 Å². The van der Waals surface area contributed by atoms with Crippen LogP contribution in [0.15, 0.2) is 0 Å². The zero-order valence-electron chi connectivity index (χ0n) is 11.1. The van der Waals surface area contributed by atoms with E-state index in [9.17, 15) is 14.4 Å². The standard InChI is InChI=1S/C12H20N2O4S/c1-7(2)3-8(4-10(15)16)5-13-11(17)9-6-19-12(18)14-9/h7-9H,3-6H2,1-2H3,(H,13,17)(H,14,18)(H,15,16). The third-order valence-corrected chi connectivity index (χ3v) is 3.70. The third kappa shape index (κ3) is 5.96. The van der Waals surface area contributed by atoms with E-state index in [0.29, 0.717) is 18.2 Å². The molecule has 0 spiro atoms. The van der Waals surface area contributed by atoms with Crippen molar-refractivity contribution < 1.29 is 19.5 Å². The van der Waals surface area contributed by atoms with Gasteiger partial charge < -0.3 is 15.7 Å². The summed E-state index contributed by atoms with van der Waals surface area (Å²) in [6, 6.07) is -0.498. The number of thioether (sulfide) groups is 1. The second-order valence-corrected chi connectivity index (χ2v) is 6.13. The highest BCUT2D eigenvalue weighted by molar-refractivity contribution is 8.14. The molecule has 0 aromatic heterocycles. The summed E-state index contributed by atoms with van der Waals surface area (Å²) in [6.45, 7) is 4.37. The van der Waals surface area contributed by atoms with Crippen molar-refractivity contribution in [1.82, 2.24) is 10.6 Å². The van der Waals surface area contributed by atoms with Gasteiger partial charge in [0.1, 0.15) is 6.04 Å². The van der Waals surface area contributed by atoms with Gasteiger partial charge in [-0.3, -0.25) is 14.4 Å². The predicted octanol–water partition coefficient (Wildman–Crippen LogP) is 1.06. The number of aliphatic carboxylic acids is 1. The average molecular weight is 288 g/mol.